The Morgan fingerprint density at radius 1 is 1.50 bits per heavy atom. The van der Waals surface area contributed by atoms with Gasteiger partial charge in [-0.25, -0.2) is 0 Å². The van der Waals surface area contributed by atoms with Crippen molar-refractivity contribution >= 4 is 17.3 Å². The molecular formula is C10H21N3S. The minimum atomic E-state index is 0.663. The van der Waals surface area contributed by atoms with Gasteiger partial charge in [-0.2, -0.15) is 0 Å². The maximum atomic E-state index is 5.27. The molecule has 82 valence electrons. The highest BCUT2D eigenvalue weighted by Gasteiger charge is 2.19. The van der Waals surface area contributed by atoms with Crippen LogP contribution in [0.4, 0.5) is 0 Å². The zero-order valence-electron chi connectivity index (χ0n) is 9.42. The lowest BCUT2D eigenvalue weighted by Crippen LogP contribution is -2.56. The summed E-state index contributed by atoms with van der Waals surface area (Å²) >= 11 is 5.27. The van der Waals surface area contributed by atoms with Crippen LogP contribution >= 0.6 is 12.2 Å². The molecule has 1 aliphatic rings. The summed E-state index contributed by atoms with van der Waals surface area (Å²) in [5, 5.41) is 4.16. The summed E-state index contributed by atoms with van der Waals surface area (Å²) in [5.74, 6) is 0.663. The standard InChI is InChI=1S/C10H21N3S/c1-4-5-12-7-11-10(14)13(8-12)6-9(2)3/h9H,4-8H2,1-3H3,(H,11,14). The lowest BCUT2D eigenvalue weighted by atomic mass is 10.2. The van der Waals surface area contributed by atoms with E-state index < -0.39 is 0 Å². The zero-order chi connectivity index (χ0) is 10.6. The molecule has 0 aromatic heterocycles. The van der Waals surface area contributed by atoms with Crippen molar-refractivity contribution in [2.75, 3.05) is 26.4 Å². The fourth-order valence-corrected chi connectivity index (χ4v) is 1.89. The molecule has 0 spiro atoms. The summed E-state index contributed by atoms with van der Waals surface area (Å²) < 4.78 is 0. The van der Waals surface area contributed by atoms with Crippen molar-refractivity contribution in [1.82, 2.24) is 15.1 Å². The third kappa shape index (κ3) is 3.42. The van der Waals surface area contributed by atoms with E-state index in [9.17, 15) is 0 Å². The van der Waals surface area contributed by atoms with Gasteiger partial charge in [0.1, 0.15) is 0 Å². The predicted octanol–water partition coefficient (Wildman–Crippen LogP) is 1.46. The highest BCUT2D eigenvalue weighted by atomic mass is 32.1. The first-order valence-electron chi connectivity index (χ1n) is 5.38. The van der Waals surface area contributed by atoms with Crippen LogP contribution in [0.25, 0.3) is 0 Å². The van der Waals surface area contributed by atoms with Crippen molar-refractivity contribution in [1.29, 1.82) is 0 Å². The predicted molar refractivity (Wildman–Crippen MR) is 64.0 cm³/mol. The van der Waals surface area contributed by atoms with E-state index in [0.717, 1.165) is 31.5 Å². The van der Waals surface area contributed by atoms with E-state index in [0.29, 0.717) is 5.92 Å². The number of thiocarbonyl (C=S) groups is 1. The van der Waals surface area contributed by atoms with Gasteiger partial charge in [-0.05, 0) is 24.6 Å². The van der Waals surface area contributed by atoms with E-state index in [1.807, 2.05) is 0 Å². The monoisotopic (exact) mass is 215 g/mol. The number of hydrogen-bond donors (Lipinski definition) is 1. The molecule has 0 aliphatic carbocycles. The quantitative estimate of drug-likeness (QED) is 0.715. The smallest absolute Gasteiger partial charge is 0.171 e. The Bertz CT molecular complexity index is 194. The summed E-state index contributed by atoms with van der Waals surface area (Å²) in [6, 6.07) is 0. The van der Waals surface area contributed by atoms with Crippen LogP contribution in [0, 0.1) is 5.92 Å². The van der Waals surface area contributed by atoms with Gasteiger partial charge >= 0.3 is 0 Å². The van der Waals surface area contributed by atoms with E-state index >= 15 is 0 Å². The van der Waals surface area contributed by atoms with Gasteiger partial charge in [-0.3, -0.25) is 4.90 Å². The van der Waals surface area contributed by atoms with Gasteiger partial charge in [0.05, 0.1) is 13.3 Å². The fraction of sp³-hybridized carbons (Fsp3) is 0.900. The maximum absolute atomic E-state index is 5.27. The molecule has 1 rings (SSSR count). The van der Waals surface area contributed by atoms with Gasteiger partial charge in [0.15, 0.2) is 5.11 Å². The molecule has 0 bridgehead atoms. The van der Waals surface area contributed by atoms with Gasteiger partial charge in [-0.15, -0.1) is 0 Å². The minimum Gasteiger partial charge on any atom is -0.350 e. The first-order chi connectivity index (χ1) is 6.63. The Balaban J connectivity index is 2.42. The molecule has 1 heterocycles. The van der Waals surface area contributed by atoms with E-state index in [-0.39, 0.29) is 0 Å². The summed E-state index contributed by atoms with van der Waals surface area (Å²) in [7, 11) is 0. The van der Waals surface area contributed by atoms with Crippen LogP contribution in [0.1, 0.15) is 27.2 Å². The summed E-state index contributed by atoms with van der Waals surface area (Å²) in [4.78, 5) is 4.64. The lowest BCUT2D eigenvalue weighted by Gasteiger charge is -2.38. The van der Waals surface area contributed by atoms with E-state index in [1.54, 1.807) is 0 Å². The number of nitrogens with one attached hydrogen (secondary N) is 1. The molecule has 0 saturated carbocycles. The van der Waals surface area contributed by atoms with Crippen LogP contribution in [0.3, 0.4) is 0 Å². The maximum Gasteiger partial charge on any atom is 0.171 e. The van der Waals surface area contributed by atoms with Crippen molar-refractivity contribution in [3.8, 4) is 0 Å². The SMILES string of the molecule is CCCN1CNC(=S)N(CC(C)C)C1. The molecular weight excluding hydrogens is 194 g/mol. The third-order valence-corrected chi connectivity index (χ3v) is 2.64. The second-order valence-corrected chi connectivity index (χ2v) is 4.68. The molecule has 0 unspecified atom stereocenters. The van der Waals surface area contributed by atoms with Crippen molar-refractivity contribution < 1.29 is 0 Å². The number of nitrogens with zero attached hydrogens (tertiary/aromatic N) is 2. The van der Waals surface area contributed by atoms with Gasteiger partial charge in [-0.1, -0.05) is 20.8 Å². The fourth-order valence-electron chi connectivity index (χ4n) is 1.69. The Kier molecular flexibility index (Phi) is 4.62. The molecule has 1 N–H and O–H groups in total. The van der Waals surface area contributed by atoms with Crippen LogP contribution < -0.4 is 5.32 Å². The van der Waals surface area contributed by atoms with Crippen LogP contribution in [0.5, 0.6) is 0 Å². The second kappa shape index (κ2) is 5.51. The van der Waals surface area contributed by atoms with E-state index in [2.05, 4.69) is 35.9 Å². The van der Waals surface area contributed by atoms with Crippen molar-refractivity contribution in [2.24, 2.45) is 5.92 Å². The largest absolute Gasteiger partial charge is 0.350 e. The third-order valence-electron chi connectivity index (χ3n) is 2.24. The summed E-state index contributed by atoms with van der Waals surface area (Å²) in [5.41, 5.74) is 0. The first-order valence-corrected chi connectivity index (χ1v) is 5.79. The molecule has 3 nitrogen and oxygen atoms in total. The summed E-state index contributed by atoms with van der Waals surface area (Å²) in [6.45, 7) is 10.7. The molecule has 1 aliphatic heterocycles. The van der Waals surface area contributed by atoms with Crippen molar-refractivity contribution in [3.05, 3.63) is 0 Å². The molecule has 14 heavy (non-hydrogen) atoms. The van der Waals surface area contributed by atoms with Gasteiger partial charge in [0.25, 0.3) is 0 Å². The normalized spacial score (nSPS) is 18.9. The van der Waals surface area contributed by atoms with Crippen LogP contribution in [0.2, 0.25) is 0 Å². The topological polar surface area (TPSA) is 18.5 Å². The Morgan fingerprint density at radius 3 is 2.79 bits per heavy atom. The summed E-state index contributed by atoms with van der Waals surface area (Å²) in [6.07, 6.45) is 1.20. The highest BCUT2D eigenvalue weighted by Crippen LogP contribution is 2.05. The number of rotatable bonds is 4. The Hall–Kier alpha value is -0.350. The van der Waals surface area contributed by atoms with E-state index in [1.165, 1.54) is 6.42 Å². The van der Waals surface area contributed by atoms with Gasteiger partial charge in [0.2, 0.25) is 0 Å². The molecule has 0 amide bonds. The van der Waals surface area contributed by atoms with Crippen molar-refractivity contribution in [3.63, 3.8) is 0 Å². The van der Waals surface area contributed by atoms with Crippen molar-refractivity contribution in [2.45, 2.75) is 27.2 Å². The molecule has 1 saturated heterocycles. The molecule has 0 atom stereocenters. The first kappa shape index (κ1) is 11.7. The van der Waals surface area contributed by atoms with Crippen LogP contribution in [-0.2, 0) is 0 Å². The molecule has 0 aromatic carbocycles. The Labute approximate surface area is 92.4 Å². The van der Waals surface area contributed by atoms with Crippen LogP contribution in [0.15, 0.2) is 0 Å². The zero-order valence-corrected chi connectivity index (χ0v) is 10.2. The Morgan fingerprint density at radius 2 is 2.21 bits per heavy atom. The lowest BCUT2D eigenvalue weighted by molar-refractivity contribution is 0.145. The molecule has 0 radical (unpaired) electrons. The average Bonchev–Trinajstić information content (AvgIpc) is 2.10. The highest BCUT2D eigenvalue weighted by molar-refractivity contribution is 7.80. The number of hydrogen-bond acceptors (Lipinski definition) is 2. The van der Waals surface area contributed by atoms with Gasteiger partial charge < -0.3 is 10.2 Å². The minimum absolute atomic E-state index is 0.663. The van der Waals surface area contributed by atoms with Gasteiger partial charge in [0, 0.05) is 13.1 Å². The van der Waals surface area contributed by atoms with E-state index in [4.69, 9.17) is 12.2 Å². The van der Waals surface area contributed by atoms with Crippen LogP contribution in [-0.4, -0.2) is 41.3 Å². The molecule has 1 fully saturated rings. The second-order valence-electron chi connectivity index (χ2n) is 4.29. The molecule has 4 heteroatoms. The molecule has 0 aromatic rings. The average molecular weight is 215 g/mol.